The molecule has 0 aliphatic carbocycles. The monoisotopic (exact) mass is 212 g/mol. The summed E-state index contributed by atoms with van der Waals surface area (Å²) in [6.45, 7) is 1.92. The van der Waals surface area contributed by atoms with Crippen molar-refractivity contribution in [2.75, 3.05) is 20.1 Å². The van der Waals surface area contributed by atoms with E-state index in [9.17, 15) is 0 Å². The van der Waals surface area contributed by atoms with Crippen LogP contribution in [0.1, 0.15) is 19.3 Å². The van der Waals surface area contributed by atoms with Gasteiger partial charge in [-0.3, -0.25) is 9.89 Å². The first-order valence-corrected chi connectivity index (χ1v) is 5.42. The largest absolute Gasteiger partial charge is 0.403 e. The van der Waals surface area contributed by atoms with Gasteiger partial charge in [-0.2, -0.15) is 0 Å². The molecule has 0 spiro atoms. The summed E-state index contributed by atoms with van der Waals surface area (Å²) in [5.41, 5.74) is 17.7. The zero-order chi connectivity index (χ0) is 11.3. The molecule has 15 heavy (non-hydrogen) atoms. The molecule has 0 saturated carbocycles. The zero-order valence-corrected chi connectivity index (χ0v) is 9.37. The molecule has 0 aromatic heterocycles. The third kappa shape index (κ3) is 3.13. The fourth-order valence-corrected chi connectivity index (χ4v) is 1.91. The van der Waals surface area contributed by atoms with E-state index in [2.05, 4.69) is 9.89 Å². The van der Waals surface area contributed by atoms with Crippen molar-refractivity contribution in [2.24, 2.45) is 17.2 Å². The standard InChI is InChI=1S/C10H21N5/c1-14-10(9(13)7-11)15-5-2-3-8(12)4-6-15/h7-8H,2-6,12-13H2,1H3,(H2,11,14)/p+1. The van der Waals surface area contributed by atoms with E-state index >= 15 is 0 Å². The highest BCUT2D eigenvalue weighted by Gasteiger charge is 2.18. The van der Waals surface area contributed by atoms with Gasteiger partial charge in [0.15, 0.2) is 0 Å². The molecule has 7 N–H and O–H groups in total. The van der Waals surface area contributed by atoms with Gasteiger partial charge in [-0.25, -0.2) is 0 Å². The van der Waals surface area contributed by atoms with E-state index < -0.39 is 0 Å². The Balaban J connectivity index is 2.84. The Hall–Kier alpha value is -1.23. The summed E-state index contributed by atoms with van der Waals surface area (Å²) in [6.07, 6.45) is 4.61. The van der Waals surface area contributed by atoms with Crippen LogP contribution in [0.15, 0.2) is 11.9 Å². The molecule has 1 rings (SSSR count). The second kappa shape index (κ2) is 5.60. The van der Waals surface area contributed by atoms with Crippen molar-refractivity contribution in [3.8, 4) is 0 Å². The van der Waals surface area contributed by atoms with Crippen LogP contribution in [-0.4, -0.2) is 36.6 Å². The van der Waals surface area contributed by atoms with Gasteiger partial charge in [0, 0.05) is 12.2 Å². The molecule has 1 unspecified atom stereocenters. The van der Waals surface area contributed by atoms with Crippen molar-refractivity contribution in [2.45, 2.75) is 25.3 Å². The number of likely N-dealkylation sites (N-methyl/N-ethyl adjacent to an activating group) is 1. The van der Waals surface area contributed by atoms with Crippen molar-refractivity contribution in [3.63, 3.8) is 0 Å². The van der Waals surface area contributed by atoms with Crippen LogP contribution in [0.4, 0.5) is 0 Å². The predicted octanol–water partition coefficient (Wildman–Crippen LogP) is -1.11. The Bertz CT molecular complexity index is 269. The number of hydrogen-bond acceptors (Lipinski definition) is 3. The smallest absolute Gasteiger partial charge is 0.294 e. The van der Waals surface area contributed by atoms with Crippen molar-refractivity contribution >= 4 is 5.84 Å². The SMILES string of the molecule is CNC(C(N)=CN)=[N+]1CCCC(N)CC1. The van der Waals surface area contributed by atoms with Crippen molar-refractivity contribution in [1.29, 1.82) is 0 Å². The first-order valence-electron chi connectivity index (χ1n) is 5.42. The third-order valence-corrected chi connectivity index (χ3v) is 2.78. The minimum atomic E-state index is 0.316. The van der Waals surface area contributed by atoms with Gasteiger partial charge in [0.2, 0.25) is 0 Å². The van der Waals surface area contributed by atoms with Crippen LogP contribution in [0.2, 0.25) is 0 Å². The maximum Gasteiger partial charge on any atom is 0.294 e. The molecule has 1 heterocycles. The van der Waals surface area contributed by atoms with E-state index in [1.165, 1.54) is 6.20 Å². The molecule has 0 bridgehead atoms. The summed E-state index contributed by atoms with van der Waals surface area (Å²) in [5, 5.41) is 3.09. The first kappa shape index (κ1) is 11.8. The summed E-state index contributed by atoms with van der Waals surface area (Å²) in [7, 11) is 1.86. The maximum atomic E-state index is 5.92. The summed E-state index contributed by atoms with van der Waals surface area (Å²) >= 11 is 0. The second-order valence-corrected chi connectivity index (χ2v) is 3.90. The molecule has 0 amide bonds. The molecule has 1 atom stereocenters. The highest BCUT2D eigenvalue weighted by Crippen LogP contribution is 2.06. The van der Waals surface area contributed by atoms with Gasteiger partial charge >= 0.3 is 0 Å². The molecule has 0 aromatic rings. The van der Waals surface area contributed by atoms with Gasteiger partial charge in [-0.05, 0) is 19.3 Å². The molecule has 5 heteroatoms. The summed E-state index contributed by atoms with van der Waals surface area (Å²) in [5.74, 6) is 0.909. The first-order chi connectivity index (χ1) is 7.19. The summed E-state index contributed by atoms with van der Waals surface area (Å²) in [4.78, 5) is 0. The van der Waals surface area contributed by atoms with Crippen LogP contribution in [0.25, 0.3) is 0 Å². The number of rotatable bonds is 1. The van der Waals surface area contributed by atoms with Crippen LogP contribution in [-0.2, 0) is 0 Å². The minimum Gasteiger partial charge on any atom is -0.403 e. The Kier molecular flexibility index (Phi) is 4.42. The van der Waals surface area contributed by atoms with Gasteiger partial charge in [0.1, 0.15) is 5.70 Å². The van der Waals surface area contributed by atoms with E-state index in [-0.39, 0.29) is 0 Å². The molecular formula is C10H22N5+. The summed E-state index contributed by atoms with van der Waals surface area (Å²) in [6, 6.07) is 0.316. The van der Waals surface area contributed by atoms with Crippen LogP contribution in [0.3, 0.4) is 0 Å². The number of nitrogens with one attached hydrogen (secondary N) is 1. The van der Waals surface area contributed by atoms with Crippen LogP contribution < -0.4 is 22.5 Å². The lowest BCUT2D eigenvalue weighted by molar-refractivity contribution is -0.527. The average molecular weight is 212 g/mol. The molecule has 0 aromatic carbocycles. The summed E-state index contributed by atoms with van der Waals surface area (Å²) < 4.78 is 2.21. The van der Waals surface area contributed by atoms with Crippen LogP contribution in [0.5, 0.6) is 0 Å². The van der Waals surface area contributed by atoms with Gasteiger partial charge in [0.05, 0.1) is 20.1 Å². The molecule has 1 fully saturated rings. The number of nitrogens with two attached hydrogens (primary N) is 3. The van der Waals surface area contributed by atoms with E-state index in [1.54, 1.807) is 0 Å². The molecule has 1 aliphatic heterocycles. The lowest BCUT2D eigenvalue weighted by atomic mass is 10.1. The Morgan fingerprint density at radius 3 is 2.73 bits per heavy atom. The molecule has 5 nitrogen and oxygen atoms in total. The van der Waals surface area contributed by atoms with Gasteiger partial charge < -0.3 is 17.2 Å². The van der Waals surface area contributed by atoms with Crippen LogP contribution in [0, 0.1) is 0 Å². The normalized spacial score (nSPS) is 27.1. The Morgan fingerprint density at radius 2 is 2.13 bits per heavy atom. The molecular weight excluding hydrogens is 190 g/mol. The fraction of sp³-hybridized carbons (Fsp3) is 0.700. The van der Waals surface area contributed by atoms with E-state index in [0.717, 1.165) is 38.2 Å². The number of nitrogens with zero attached hydrogens (tertiary/aromatic N) is 1. The number of amidine groups is 1. The molecule has 1 saturated heterocycles. The molecule has 86 valence electrons. The fourth-order valence-electron chi connectivity index (χ4n) is 1.91. The molecule has 1 aliphatic rings. The third-order valence-electron chi connectivity index (χ3n) is 2.78. The number of hydrogen-bond donors (Lipinski definition) is 4. The second-order valence-electron chi connectivity index (χ2n) is 3.90. The predicted molar refractivity (Wildman–Crippen MR) is 62.3 cm³/mol. The van der Waals surface area contributed by atoms with Crippen LogP contribution >= 0.6 is 0 Å². The highest BCUT2D eigenvalue weighted by molar-refractivity contribution is 5.93. The van der Waals surface area contributed by atoms with Crippen molar-refractivity contribution < 1.29 is 4.58 Å². The van der Waals surface area contributed by atoms with Gasteiger partial charge in [-0.15, -0.1) is 0 Å². The van der Waals surface area contributed by atoms with E-state index in [4.69, 9.17) is 17.2 Å². The highest BCUT2D eigenvalue weighted by atomic mass is 15.1. The lowest BCUT2D eigenvalue weighted by Gasteiger charge is -2.09. The zero-order valence-electron chi connectivity index (χ0n) is 9.37. The minimum absolute atomic E-state index is 0.316. The Morgan fingerprint density at radius 1 is 1.40 bits per heavy atom. The van der Waals surface area contributed by atoms with Crippen molar-refractivity contribution in [1.82, 2.24) is 5.32 Å². The van der Waals surface area contributed by atoms with E-state index in [1.807, 2.05) is 7.05 Å². The topological polar surface area (TPSA) is 93.1 Å². The average Bonchev–Trinajstić information content (AvgIpc) is 2.45. The Labute approximate surface area is 91.0 Å². The quantitative estimate of drug-likeness (QED) is 0.327. The molecule has 0 radical (unpaired) electrons. The van der Waals surface area contributed by atoms with Crippen molar-refractivity contribution in [3.05, 3.63) is 11.9 Å². The van der Waals surface area contributed by atoms with E-state index in [0.29, 0.717) is 11.7 Å². The van der Waals surface area contributed by atoms with Gasteiger partial charge in [0.25, 0.3) is 5.84 Å². The lowest BCUT2D eigenvalue weighted by Crippen LogP contribution is -2.37. The maximum absolute atomic E-state index is 5.92. The van der Waals surface area contributed by atoms with Gasteiger partial charge in [-0.1, -0.05) is 0 Å².